The third-order valence-corrected chi connectivity index (χ3v) is 1.17. The lowest BCUT2D eigenvalue weighted by molar-refractivity contribution is 0.403. The van der Waals surface area contributed by atoms with Gasteiger partial charge < -0.3 is 4.90 Å². The van der Waals surface area contributed by atoms with Gasteiger partial charge >= 0.3 is 0 Å². The van der Waals surface area contributed by atoms with Crippen LogP contribution in [0.2, 0.25) is 0 Å². The zero-order valence-corrected chi connectivity index (χ0v) is 11.9. The van der Waals surface area contributed by atoms with Gasteiger partial charge in [0.2, 0.25) is 0 Å². The summed E-state index contributed by atoms with van der Waals surface area (Å²) in [7, 11) is 4.12. The second-order valence-electron chi connectivity index (χ2n) is 2.71. The van der Waals surface area contributed by atoms with E-state index in [-0.39, 0.29) is 17.7 Å². The average Bonchev–Trinajstić information content (AvgIpc) is 2.12. The van der Waals surface area contributed by atoms with Crippen LogP contribution in [0.1, 0.15) is 13.3 Å². The summed E-state index contributed by atoms with van der Waals surface area (Å²) in [6.45, 7) is 4.67. The number of hydrogen-bond acceptors (Lipinski definition) is 3. The molecule has 0 spiro atoms. The molecule has 0 heterocycles. The largest absolute Gasteiger partial charge is 0.309 e. The number of rotatable bonds is 5. The number of halogens is 3. The summed E-state index contributed by atoms with van der Waals surface area (Å²) in [5, 5.41) is 0.194. The van der Waals surface area contributed by atoms with Gasteiger partial charge in [0.15, 0.2) is 0 Å². The second-order valence-corrected chi connectivity index (χ2v) is 3.52. The van der Waals surface area contributed by atoms with Crippen LogP contribution in [0.5, 0.6) is 0 Å². The van der Waals surface area contributed by atoms with E-state index in [0.717, 1.165) is 26.1 Å². The van der Waals surface area contributed by atoms with Crippen molar-refractivity contribution in [2.24, 2.45) is 9.98 Å². The Labute approximate surface area is 109 Å². The Morgan fingerprint density at radius 3 is 2.13 bits per heavy atom. The highest BCUT2D eigenvalue weighted by Gasteiger charge is 1.86. The maximum absolute atomic E-state index is 4.76. The molecule has 0 fully saturated rings. The molecule has 92 valence electrons. The van der Waals surface area contributed by atoms with Gasteiger partial charge in [-0.25, -0.2) is 9.98 Å². The number of nitrogens with zero attached hydrogens (tertiary/aromatic N) is 3. The standard InChI is InChI=1S/C8H17N3.CH2Cl2.ClH/c1-4-9-8-10-6-5-7-11(2)3;2-1-3;/h4-7H2,1-3H3;1H2;1H. The molecule has 0 aromatic carbocycles. The van der Waals surface area contributed by atoms with Gasteiger partial charge in [-0.2, -0.15) is 0 Å². The van der Waals surface area contributed by atoms with Crippen molar-refractivity contribution in [2.45, 2.75) is 13.3 Å². The molecule has 0 aromatic heterocycles. The van der Waals surface area contributed by atoms with Gasteiger partial charge in [0.1, 0.15) is 0 Å². The summed E-state index contributed by atoms with van der Waals surface area (Å²) < 4.78 is 0. The molecule has 3 nitrogen and oxygen atoms in total. The van der Waals surface area contributed by atoms with Crippen molar-refractivity contribution in [3.63, 3.8) is 0 Å². The molecule has 6 heteroatoms. The molecule has 0 amide bonds. The molecule has 0 atom stereocenters. The van der Waals surface area contributed by atoms with Crippen LogP contribution in [0, 0.1) is 0 Å². The first-order valence-electron chi connectivity index (χ1n) is 4.53. The van der Waals surface area contributed by atoms with E-state index in [1.165, 1.54) is 0 Å². The third-order valence-electron chi connectivity index (χ3n) is 1.17. The van der Waals surface area contributed by atoms with Crippen molar-refractivity contribution in [3.05, 3.63) is 0 Å². The summed E-state index contributed by atoms with van der Waals surface area (Å²) in [6.07, 6.45) is 1.08. The topological polar surface area (TPSA) is 28.0 Å². The Morgan fingerprint density at radius 1 is 1.20 bits per heavy atom. The highest BCUT2D eigenvalue weighted by molar-refractivity contribution is 6.40. The van der Waals surface area contributed by atoms with Crippen LogP contribution in [-0.2, 0) is 0 Å². The normalized spacial score (nSPS) is 8.13. The van der Waals surface area contributed by atoms with E-state index >= 15 is 0 Å². The summed E-state index contributed by atoms with van der Waals surface area (Å²) in [6, 6.07) is 2.64. The molecule has 0 aliphatic carbocycles. The molecule has 0 bridgehead atoms. The predicted molar refractivity (Wildman–Crippen MR) is 72.3 cm³/mol. The van der Waals surface area contributed by atoms with Crippen molar-refractivity contribution in [1.82, 2.24) is 4.90 Å². The lowest BCUT2D eigenvalue weighted by Gasteiger charge is -2.05. The van der Waals surface area contributed by atoms with Gasteiger partial charge in [0, 0.05) is 6.54 Å². The van der Waals surface area contributed by atoms with Crippen molar-refractivity contribution >= 4 is 41.6 Å². The minimum absolute atomic E-state index is 0. The van der Waals surface area contributed by atoms with Crippen molar-refractivity contribution in [1.29, 1.82) is 0 Å². The van der Waals surface area contributed by atoms with E-state index in [9.17, 15) is 0 Å². The quantitative estimate of drug-likeness (QED) is 0.431. The predicted octanol–water partition coefficient (Wildman–Crippen LogP) is 2.98. The molecule has 0 aliphatic rings. The van der Waals surface area contributed by atoms with E-state index in [0.29, 0.717) is 0 Å². The number of alkyl halides is 2. The third kappa shape index (κ3) is 31.4. The fourth-order valence-electron chi connectivity index (χ4n) is 0.637. The van der Waals surface area contributed by atoms with E-state index < -0.39 is 0 Å². The van der Waals surface area contributed by atoms with Gasteiger partial charge in [0.25, 0.3) is 0 Å². The zero-order valence-electron chi connectivity index (χ0n) is 9.54. The molecule has 0 unspecified atom stereocenters. The molecular formula is C9H20Cl3N3. The fraction of sp³-hybridized carbons (Fsp3) is 0.889. The lowest BCUT2D eigenvalue weighted by atomic mass is 10.4. The molecule has 0 rings (SSSR count). The maximum atomic E-state index is 4.76. The second kappa shape index (κ2) is 19.7. The Morgan fingerprint density at radius 2 is 1.73 bits per heavy atom. The number of aliphatic imine (C=N–C) groups is 2. The van der Waals surface area contributed by atoms with Crippen LogP contribution >= 0.6 is 35.6 Å². The Kier molecular flexibility index (Phi) is 27.1. The van der Waals surface area contributed by atoms with E-state index in [1.54, 1.807) is 0 Å². The summed E-state index contributed by atoms with van der Waals surface area (Å²) in [4.78, 5) is 9.99. The van der Waals surface area contributed by atoms with Crippen LogP contribution in [0.15, 0.2) is 9.98 Å². The van der Waals surface area contributed by atoms with Crippen LogP contribution in [-0.4, -0.2) is 50.0 Å². The minimum atomic E-state index is 0. The summed E-state index contributed by atoms with van der Waals surface area (Å²) in [5.41, 5.74) is 0. The minimum Gasteiger partial charge on any atom is -0.309 e. The molecule has 0 saturated carbocycles. The average molecular weight is 277 g/mol. The van der Waals surface area contributed by atoms with Crippen molar-refractivity contribution in [3.8, 4) is 0 Å². The molecule has 15 heavy (non-hydrogen) atoms. The lowest BCUT2D eigenvalue weighted by Crippen LogP contribution is -2.13. The summed E-state index contributed by atoms with van der Waals surface area (Å²) in [5.74, 6) is 0. The monoisotopic (exact) mass is 275 g/mol. The molecular weight excluding hydrogens is 256 g/mol. The first-order chi connectivity index (χ1) is 6.68. The van der Waals surface area contributed by atoms with E-state index in [4.69, 9.17) is 23.2 Å². The van der Waals surface area contributed by atoms with Crippen LogP contribution in [0.25, 0.3) is 0 Å². The molecule has 0 aromatic rings. The number of hydrogen-bond donors (Lipinski definition) is 0. The fourth-order valence-corrected chi connectivity index (χ4v) is 0.637. The van der Waals surface area contributed by atoms with Crippen LogP contribution in [0.4, 0.5) is 0 Å². The van der Waals surface area contributed by atoms with Gasteiger partial charge in [-0.05, 0) is 34.0 Å². The van der Waals surface area contributed by atoms with Crippen LogP contribution < -0.4 is 0 Å². The molecule has 0 N–H and O–H groups in total. The van der Waals surface area contributed by atoms with E-state index in [1.807, 2.05) is 6.92 Å². The Balaban J connectivity index is -0.000000320. The van der Waals surface area contributed by atoms with Gasteiger partial charge in [0.05, 0.1) is 17.9 Å². The molecule has 0 aliphatic heterocycles. The highest BCUT2D eigenvalue weighted by atomic mass is 35.5. The molecule has 0 saturated heterocycles. The first kappa shape index (κ1) is 20.6. The zero-order chi connectivity index (χ0) is 11.2. The van der Waals surface area contributed by atoms with Crippen LogP contribution in [0.3, 0.4) is 0 Å². The first-order valence-corrected chi connectivity index (χ1v) is 5.60. The van der Waals surface area contributed by atoms with Gasteiger partial charge in [-0.15, -0.1) is 35.6 Å². The van der Waals surface area contributed by atoms with Gasteiger partial charge in [-0.1, -0.05) is 0 Å². The SMILES string of the molecule is CCN=C=NCCCN(C)C.Cl.ClCCl. The summed E-state index contributed by atoms with van der Waals surface area (Å²) >= 11 is 9.53. The Bertz CT molecular complexity index is 157. The van der Waals surface area contributed by atoms with Crippen molar-refractivity contribution in [2.75, 3.05) is 39.1 Å². The maximum Gasteiger partial charge on any atom is 0.0967 e. The van der Waals surface area contributed by atoms with E-state index in [2.05, 4.69) is 35.0 Å². The van der Waals surface area contributed by atoms with Gasteiger partial charge in [-0.3, -0.25) is 0 Å². The highest BCUT2D eigenvalue weighted by Crippen LogP contribution is 1.82. The molecule has 0 radical (unpaired) electrons. The van der Waals surface area contributed by atoms with Crippen molar-refractivity contribution < 1.29 is 0 Å². The Hall–Kier alpha value is 0.210. The smallest absolute Gasteiger partial charge is 0.0967 e.